The molecule has 0 aliphatic heterocycles. The quantitative estimate of drug-likeness (QED) is 0.491. The van der Waals surface area contributed by atoms with Gasteiger partial charge < -0.3 is 14.8 Å². The van der Waals surface area contributed by atoms with Crippen molar-refractivity contribution >= 4 is 11.9 Å². The summed E-state index contributed by atoms with van der Waals surface area (Å²) in [5.74, 6) is -3.50. The number of carbonyl (C=O) groups excluding carboxylic acids is 2. The standard InChI is InChI=1S/C14H15F4NO4/c1-3-22-12(21)13(14(16,17)18,19-9(2)20)23-8-10-4-6-11(15)7-5-10/h4-7H,3,8H2,1-2H3,(H,19,20)/t13-/m0/s1. The molecule has 1 rings (SSSR count). The number of amides is 1. The second-order valence-corrected chi connectivity index (χ2v) is 4.50. The van der Waals surface area contributed by atoms with Crippen LogP contribution in [0, 0.1) is 5.82 Å². The number of ether oxygens (including phenoxy) is 2. The maximum atomic E-state index is 13.4. The van der Waals surface area contributed by atoms with E-state index < -0.39 is 36.2 Å². The van der Waals surface area contributed by atoms with Gasteiger partial charge in [0.15, 0.2) is 0 Å². The molecule has 1 aromatic rings. The Bertz CT molecular complexity index is 559. The molecule has 0 bridgehead atoms. The van der Waals surface area contributed by atoms with Crippen molar-refractivity contribution in [3.63, 3.8) is 0 Å². The molecule has 0 unspecified atom stereocenters. The van der Waals surface area contributed by atoms with Gasteiger partial charge in [0.1, 0.15) is 5.82 Å². The molecular formula is C14H15F4NO4. The van der Waals surface area contributed by atoms with Gasteiger partial charge in [-0.25, -0.2) is 9.18 Å². The maximum Gasteiger partial charge on any atom is 0.448 e. The van der Waals surface area contributed by atoms with Crippen LogP contribution >= 0.6 is 0 Å². The van der Waals surface area contributed by atoms with Crippen LogP contribution < -0.4 is 5.32 Å². The van der Waals surface area contributed by atoms with Crippen LogP contribution in [0.3, 0.4) is 0 Å². The molecule has 1 N–H and O–H groups in total. The molecule has 23 heavy (non-hydrogen) atoms. The topological polar surface area (TPSA) is 64.6 Å². The third-order valence-electron chi connectivity index (χ3n) is 2.68. The summed E-state index contributed by atoms with van der Waals surface area (Å²) in [6, 6.07) is 4.43. The zero-order valence-electron chi connectivity index (χ0n) is 12.4. The van der Waals surface area contributed by atoms with Gasteiger partial charge in [-0.3, -0.25) is 4.79 Å². The van der Waals surface area contributed by atoms with Gasteiger partial charge in [-0.1, -0.05) is 12.1 Å². The Labute approximate surface area is 129 Å². The van der Waals surface area contributed by atoms with E-state index in [4.69, 9.17) is 4.74 Å². The van der Waals surface area contributed by atoms with Gasteiger partial charge in [0.2, 0.25) is 5.91 Å². The summed E-state index contributed by atoms with van der Waals surface area (Å²) in [5, 5.41) is 1.46. The Hall–Kier alpha value is -2.16. The van der Waals surface area contributed by atoms with Gasteiger partial charge in [0.25, 0.3) is 0 Å². The molecule has 1 aromatic carbocycles. The normalized spacial score (nSPS) is 14.0. The highest BCUT2D eigenvalue weighted by Crippen LogP contribution is 2.34. The van der Waals surface area contributed by atoms with Crippen LogP contribution in [0.1, 0.15) is 19.4 Å². The van der Waals surface area contributed by atoms with Crippen LogP contribution in [0.15, 0.2) is 24.3 Å². The monoisotopic (exact) mass is 337 g/mol. The van der Waals surface area contributed by atoms with Crippen molar-refractivity contribution in [1.29, 1.82) is 0 Å². The summed E-state index contributed by atoms with van der Waals surface area (Å²) in [6.07, 6.45) is -5.26. The van der Waals surface area contributed by atoms with Crippen LogP contribution in [0.2, 0.25) is 0 Å². The van der Waals surface area contributed by atoms with Crippen LogP contribution in [0.5, 0.6) is 0 Å². The summed E-state index contributed by atoms with van der Waals surface area (Å²) in [4.78, 5) is 22.9. The largest absolute Gasteiger partial charge is 0.462 e. The third kappa shape index (κ3) is 4.65. The van der Waals surface area contributed by atoms with Crippen LogP contribution in [-0.4, -0.2) is 30.4 Å². The predicted molar refractivity (Wildman–Crippen MR) is 70.4 cm³/mol. The average Bonchev–Trinajstić information content (AvgIpc) is 2.43. The smallest absolute Gasteiger partial charge is 0.448 e. The van der Waals surface area contributed by atoms with E-state index >= 15 is 0 Å². The Morgan fingerprint density at radius 2 is 1.74 bits per heavy atom. The molecule has 1 atom stereocenters. The molecule has 0 heterocycles. The SMILES string of the molecule is CCOC(=O)[C@](NC(C)=O)(OCc1ccc(F)cc1)C(F)(F)F. The van der Waals surface area contributed by atoms with Crippen LogP contribution in [-0.2, 0) is 25.7 Å². The molecule has 0 aliphatic carbocycles. The minimum absolute atomic E-state index is 0.176. The van der Waals surface area contributed by atoms with E-state index in [0.717, 1.165) is 19.1 Å². The lowest BCUT2D eigenvalue weighted by molar-refractivity contribution is -0.289. The number of benzene rings is 1. The van der Waals surface area contributed by atoms with Crippen LogP contribution in [0.4, 0.5) is 17.6 Å². The number of halogens is 4. The van der Waals surface area contributed by atoms with Crippen molar-refractivity contribution in [2.45, 2.75) is 32.4 Å². The number of hydrogen-bond donors (Lipinski definition) is 1. The first-order valence-corrected chi connectivity index (χ1v) is 6.53. The van der Waals surface area contributed by atoms with Crippen molar-refractivity contribution in [1.82, 2.24) is 5.32 Å². The second kappa shape index (κ2) is 7.40. The first-order chi connectivity index (χ1) is 10.6. The number of hydrogen-bond acceptors (Lipinski definition) is 4. The summed E-state index contributed by atoms with van der Waals surface area (Å²) >= 11 is 0. The first kappa shape index (κ1) is 18.9. The van der Waals surface area contributed by atoms with Gasteiger partial charge in [-0.2, -0.15) is 13.2 Å². The Balaban J connectivity index is 3.12. The van der Waals surface area contributed by atoms with Gasteiger partial charge in [0, 0.05) is 6.92 Å². The Morgan fingerprint density at radius 1 is 1.17 bits per heavy atom. The highest BCUT2D eigenvalue weighted by Gasteiger charge is 2.64. The minimum Gasteiger partial charge on any atom is -0.462 e. The van der Waals surface area contributed by atoms with Crippen molar-refractivity contribution in [2.24, 2.45) is 0 Å². The molecule has 1 amide bonds. The van der Waals surface area contributed by atoms with Gasteiger partial charge in [0.05, 0.1) is 13.2 Å². The second-order valence-electron chi connectivity index (χ2n) is 4.50. The number of nitrogens with one attached hydrogen (secondary N) is 1. The lowest BCUT2D eigenvalue weighted by atomic mass is 10.2. The number of carbonyl (C=O) groups is 2. The number of rotatable bonds is 6. The van der Waals surface area contributed by atoms with E-state index in [1.54, 1.807) is 0 Å². The predicted octanol–water partition coefficient (Wildman–Crippen LogP) is 2.30. The molecule has 0 aromatic heterocycles. The zero-order valence-corrected chi connectivity index (χ0v) is 12.4. The summed E-state index contributed by atoms with van der Waals surface area (Å²) in [7, 11) is 0. The summed E-state index contributed by atoms with van der Waals surface area (Å²) < 4.78 is 62.0. The van der Waals surface area contributed by atoms with Crippen molar-refractivity contribution < 1.29 is 36.6 Å². The van der Waals surface area contributed by atoms with Gasteiger partial charge in [-0.05, 0) is 24.6 Å². The van der Waals surface area contributed by atoms with E-state index in [-0.39, 0.29) is 12.2 Å². The molecular weight excluding hydrogens is 322 g/mol. The average molecular weight is 337 g/mol. The summed E-state index contributed by atoms with van der Waals surface area (Å²) in [5.41, 5.74) is -3.46. The lowest BCUT2D eigenvalue weighted by Crippen LogP contribution is -2.65. The molecule has 0 saturated heterocycles. The van der Waals surface area contributed by atoms with Crippen molar-refractivity contribution in [3.8, 4) is 0 Å². The Morgan fingerprint density at radius 3 is 2.17 bits per heavy atom. The van der Waals surface area contributed by atoms with E-state index in [9.17, 15) is 27.2 Å². The molecule has 0 radical (unpaired) electrons. The van der Waals surface area contributed by atoms with Crippen molar-refractivity contribution in [2.75, 3.05) is 6.61 Å². The molecule has 0 aliphatic rings. The zero-order chi connectivity index (χ0) is 17.7. The minimum atomic E-state index is -5.26. The molecule has 0 fully saturated rings. The maximum absolute atomic E-state index is 13.4. The number of alkyl halides is 3. The fraction of sp³-hybridized carbons (Fsp3) is 0.429. The highest BCUT2D eigenvalue weighted by molar-refractivity contribution is 5.86. The highest BCUT2D eigenvalue weighted by atomic mass is 19.4. The van der Waals surface area contributed by atoms with Gasteiger partial charge >= 0.3 is 17.9 Å². The Kier molecular flexibility index (Phi) is 6.08. The van der Waals surface area contributed by atoms with Crippen LogP contribution in [0.25, 0.3) is 0 Å². The van der Waals surface area contributed by atoms with E-state index in [0.29, 0.717) is 0 Å². The van der Waals surface area contributed by atoms with E-state index in [2.05, 4.69) is 4.74 Å². The first-order valence-electron chi connectivity index (χ1n) is 6.53. The fourth-order valence-electron chi connectivity index (χ4n) is 1.67. The van der Waals surface area contributed by atoms with E-state index in [1.807, 2.05) is 0 Å². The van der Waals surface area contributed by atoms with Gasteiger partial charge in [-0.15, -0.1) is 0 Å². The molecule has 9 heteroatoms. The molecule has 5 nitrogen and oxygen atoms in total. The third-order valence-corrected chi connectivity index (χ3v) is 2.68. The molecule has 0 saturated carbocycles. The number of esters is 1. The summed E-state index contributed by atoms with van der Waals surface area (Å²) in [6.45, 7) is 1.09. The van der Waals surface area contributed by atoms with Crippen molar-refractivity contribution in [3.05, 3.63) is 35.6 Å². The fourth-order valence-corrected chi connectivity index (χ4v) is 1.67. The van der Waals surface area contributed by atoms with E-state index in [1.165, 1.54) is 24.4 Å². The molecule has 0 spiro atoms. The molecule has 128 valence electrons. The lowest BCUT2D eigenvalue weighted by Gasteiger charge is -2.33.